The normalized spacial score (nSPS) is 16.0. The second-order valence-electron chi connectivity index (χ2n) is 6.93. The van der Waals surface area contributed by atoms with E-state index in [4.69, 9.17) is 13.9 Å². The topological polar surface area (TPSA) is 107 Å². The van der Waals surface area contributed by atoms with Gasteiger partial charge in [0.15, 0.2) is 0 Å². The Morgan fingerprint density at radius 1 is 1.19 bits per heavy atom. The molecule has 1 aromatic carbocycles. The summed E-state index contributed by atoms with van der Waals surface area (Å²) in [5.41, 5.74) is 0.142. The highest BCUT2D eigenvalue weighted by molar-refractivity contribution is 7.20. The Labute approximate surface area is 186 Å². The van der Waals surface area contributed by atoms with Gasteiger partial charge in [-0.2, -0.15) is 0 Å². The summed E-state index contributed by atoms with van der Waals surface area (Å²) in [5.74, 6) is -0.897. The van der Waals surface area contributed by atoms with Crippen molar-refractivity contribution in [3.63, 3.8) is 0 Å². The van der Waals surface area contributed by atoms with Gasteiger partial charge in [-0.3, -0.25) is 0 Å². The van der Waals surface area contributed by atoms with Crippen molar-refractivity contribution < 1.29 is 32.7 Å². The molecule has 1 atom stereocenters. The molecule has 0 aliphatic carbocycles. The van der Waals surface area contributed by atoms with Gasteiger partial charge in [0.2, 0.25) is 0 Å². The molecule has 166 valence electrons. The third-order valence-corrected chi connectivity index (χ3v) is 5.83. The number of hydrogen-bond acceptors (Lipinski definition) is 7. The highest BCUT2D eigenvalue weighted by atomic mass is 32.1. The molecule has 0 radical (unpaired) electrons. The van der Waals surface area contributed by atoms with E-state index in [1.54, 1.807) is 38.1 Å². The number of esters is 2. The van der Waals surface area contributed by atoms with E-state index in [9.17, 15) is 18.8 Å². The lowest BCUT2D eigenvalue weighted by Crippen LogP contribution is -2.47. The van der Waals surface area contributed by atoms with Crippen molar-refractivity contribution >= 4 is 39.4 Å². The predicted octanol–water partition coefficient (Wildman–Crippen LogP) is 3.97. The van der Waals surface area contributed by atoms with Crippen molar-refractivity contribution in [2.45, 2.75) is 19.9 Å². The highest BCUT2D eigenvalue weighted by Crippen LogP contribution is 2.30. The average Bonchev–Trinajstić information content (AvgIpc) is 3.39. The molecular weight excluding hydrogens is 439 g/mol. The Morgan fingerprint density at radius 2 is 2.00 bits per heavy atom. The molecule has 2 amide bonds. The van der Waals surface area contributed by atoms with E-state index in [-0.39, 0.29) is 22.8 Å². The third-order valence-electron chi connectivity index (χ3n) is 4.75. The number of fused-ring (bicyclic) bond motifs is 1. The second kappa shape index (κ2) is 8.83. The largest absolute Gasteiger partial charge is 0.464 e. The number of thiophene rings is 1. The van der Waals surface area contributed by atoms with Crippen molar-refractivity contribution in [2.24, 2.45) is 0 Å². The van der Waals surface area contributed by atoms with E-state index in [0.717, 1.165) is 11.3 Å². The molecule has 3 heterocycles. The summed E-state index contributed by atoms with van der Waals surface area (Å²) in [7, 11) is 0. The zero-order valence-electron chi connectivity index (χ0n) is 17.2. The Bertz CT molecular complexity index is 1240. The van der Waals surface area contributed by atoms with Crippen LogP contribution in [0, 0.1) is 12.7 Å². The summed E-state index contributed by atoms with van der Waals surface area (Å²) in [6.07, 6.45) is 0. The van der Waals surface area contributed by atoms with E-state index in [1.165, 1.54) is 12.1 Å². The number of ether oxygens (including phenoxy) is 2. The summed E-state index contributed by atoms with van der Waals surface area (Å²) in [6.45, 7) is 3.10. The Morgan fingerprint density at radius 3 is 2.69 bits per heavy atom. The van der Waals surface area contributed by atoms with Crippen LogP contribution in [-0.2, 0) is 14.3 Å². The van der Waals surface area contributed by atoms with Crippen LogP contribution in [0.15, 0.2) is 52.1 Å². The van der Waals surface area contributed by atoms with Crippen LogP contribution in [0.3, 0.4) is 0 Å². The van der Waals surface area contributed by atoms with Gasteiger partial charge in [-0.25, -0.2) is 18.8 Å². The zero-order chi connectivity index (χ0) is 22.8. The number of hydrogen-bond donors (Lipinski definition) is 2. The van der Waals surface area contributed by atoms with Crippen molar-refractivity contribution in [3.05, 3.63) is 69.9 Å². The number of carbonyl (C=O) groups is 3. The number of furan rings is 1. The fourth-order valence-electron chi connectivity index (χ4n) is 3.34. The van der Waals surface area contributed by atoms with Gasteiger partial charge in [-0.15, -0.1) is 11.3 Å². The Balaban J connectivity index is 1.63. The molecule has 1 unspecified atom stereocenters. The van der Waals surface area contributed by atoms with E-state index >= 15 is 0 Å². The average molecular weight is 458 g/mol. The van der Waals surface area contributed by atoms with Crippen molar-refractivity contribution in [1.82, 2.24) is 10.6 Å². The predicted molar refractivity (Wildman–Crippen MR) is 114 cm³/mol. The molecule has 0 saturated carbocycles. The first-order valence-corrected chi connectivity index (χ1v) is 10.6. The number of carbonyl (C=O) groups excluding carboxylic acids is 3. The van der Waals surface area contributed by atoms with Crippen LogP contribution in [0.1, 0.15) is 34.2 Å². The van der Waals surface area contributed by atoms with E-state index in [2.05, 4.69) is 10.6 Å². The monoisotopic (exact) mass is 458 g/mol. The molecule has 2 aromatic heterocycles. The summed E-state index contributed by atoms with van der Waals surface area (Å²) in [5, 5.41) is 5.45. The molecule has 8 nitrogen and oxygen atoms in total. The zero-order valence-corrected chi connectivity index (χ0v) is 18.0. The summed E-state index contributed by atoms with van der Waals surface area (Å²) in [4.78, 5) is 37.7. The molecule has 4 rings (SSSR count). The first-order valence-electron chi connectivity index (χ1n) is 9.76. The molecule has 1 aliphatic heterocycles. The summed E-state index contributed by atoms with van der Waals surface area (Å²) in [6, 6.07) is 7.81. The van der Waals surface area contributed by atoms with Crippen LogP contribution in [0.4, 0.5) is 9.18 Å². The van der Waals surface area contributed by atoms with Gasteiger partial charge in [0.25, 0.3) is 0 Å². The van der Waals surface area contributed by atoms with Gasteiger partial charge in [0.1, 0.15) is 34.9 Å². The number of benzene rings is 1. The van der Waals surface area contributed by atoms with Gasteiger partial charge in [-0.1, -0.05) is 6.07 Å². The number of nitrogens with one attached hydrogen (secondary N) is 2. The Kier molecular flexibility index (Phi) is 5.95. The number of halogens is 1. The quantitative estimate of drug-likeness (QED) is 0.542. The molecule has 3 aromatic rings. The Hall–Kier alpha value is -3.66. The molecule has 2 N–H and O–H groups in total. The highest BCUT2D eigenvalue weighted by Gasteiger charge is 2.36. The number of amides is 2. The molecular formula is C22H19FN2O6S. The SMILES string of the molecule is CCOC(=O)C1=C(COC(=O)c2cc3c(F)cccc3s2)NC(=O)NC1c1ccc(C)o1. The van der Waals surface area contributed by atoms with Gasteiger partial charge in [0, 0.05) is 10.1 Å². The van der Waals surface area contributed by atoms with Gasteiger partial charge in [0.05, 0.1) is 17.9 Å². The van der Waals surface area contributed by atoms with Crippen LogP contribution < -0.4 is 10.6 Å². The maximum absolute atomic E-state index is 13.9. The smallest absolute Gasteiger partial charge is 0.348 e. The van der Waals surface area contributed by atoms with Gasteiger partial charge in [-0.05, 0) is 44.2 Å². The van der Waals surface area contributed by atoms with Gasteiger partial charge < -0.3 is 24.5 Å². The van der Waals surface area contributed by atoms with Crippen LogP contribution in [0.5, 0.6) is 0 Å². The minimum atomic E-state index is -0.913. The molecule has 32 heavy (non-hydrogen) atoms. The molecule has 0 saturated heterocycles. The molecule has 0 fully saturated rings. The number of aryl methyl sites for hydroxylation is 1. The summed E-state index contributed by atoms with van der Waals surface area (Å²) >= 11 is 1.09. The molecule has 1 aliphatic rings. The van der Waals surface area contributed by atoms with Gasteiger partial charge >= 0.3 is 18.0 Å². The maximum Gasteiger partial charge on any atom is 0.348 e. The lowest BCUT2D eigenvalue weighted by molar-refractivity contribution is -0.139. The fourth-order valence-corrected chi connectivity index (χ4v) is 4.31. The molecule has 0 spiro atoms. The van der Waals surface area contributed by atoms with Crippen LogP contribution in [0.2, 0.25) is 0 Å². The first kappa shape index (κ1) is 21.6. The lowest BCUT2D eigenvalue weighted by atomic mass is 10.0. The minimum absolute atomic E-state index is 0.0657. The van der Waals surface area contributed by atoms with Crippen LogP contribution >= 0.6 is 11.3 Å². The van der Waals surface area contributed by atoms with Crippen LogP contribution in [0.25, 0.3) is 10.1 Å². The molecule has 10 heteroatoms. The number of urea groups is 1. The fraction of sp³-hybridized carbons (Fsp3) is 0.227. The van der Waals surface area contributed by atoms with Crippen molar-refractivity contribution in [3.8, 4) is 0 Å². The minimum Gasteiger partial charge on any atom is -0.464 e. The third kappa shape index (κ3) is 4.22. The summed E-state index contributed by atoms with van der Waals surface area (Å²) < 4.78 is 30.6. The van der Waals surface area contributed by atoms with Crippen LogP contribution in [-0.4, -0.2) is 31.2 Å². The maximum atomic E-state index is 13.9. The second-order valence-corrected chi connectivity index (χ2v) is 8.01. The van der Waals surface area contributed by atoms with E-state index in [1.807, 2.05) is 0 Å². The van der Waals surface area contributed by atoms with E-state index < -0.39 is 36.4 Å². The van der Waals surface area contributed by atoms with Crippen molar-refractivity contribution in [2.75, 3.05) is 13.2 Å². The van der Waals surface area contributed by atoms with E-state index in [0.29, 0.717) is 21.6 Å². The first-order chi connectivity index (χ1) is 15.4. The lowest BCUT2D eigenvalue weighted by Gasteiger charge is -2.27. The number of rotatable bonds is 6. The van der Waals surface area contributed by atoms with Crippen molar-refractivity contribution in [1.29, 1.82) is 0 Å². The molecule has 0 bridgehead atoms. The standard InChI is InChI=1S/C22H19FN2O6S/c1-3-29-21(27)18-14(24-22(28)25-19(18)15-8-7-11(2)31-15)10-30-20(26)17-9-12-13(23)5-4-6-16(12)32-17/h4-9,19H,3,10H2,1-2H3,(H2,24,25,28).